The molecule has 1 aromatic heterocycles. The van der Waals surface area contributed by atoms with E-state index in [1.165, 1.54) is 6.07 Å². The third kappa shape index (κ3) is 3.65. The summed E-state index contributed by atoms with van der Waals surface area (Å²) in [6.45, 7) is -0.0683. The highest BCUT2D eigenvalue weighted by atomic mass is 19.2. The average Bonchev–Trinajstić information content (AvgIpc) is 3.15. The van der Waals surface area contributed by atoms with Crippen molar-refractivity contribution in [1.82, 2.24) is 10.3 Å². The van der Waals surface area contributed by atoms with E-state index < -0.39 is 40.8 Å². The van der Waals surface area contributed by atoms with Gasteiger partial charge in [-0.15, -0.1) is 0 Å². The molecule has 0 fully saturated rings. The van der Waals surface area contributed by atoms with Crippen LogP contribution in [0.15, 0.2) is 48.8 Å². The molecule has 0 saturated heterocycles. The van der Waals surface area contributed by atoms with E-state index in [4.69, 9.17) is 4.74 Å². The summed E-state index contributed by atoms with van der Waals surface area (Å²) in [5.74, 6) is -4.87. The molecule has 8 heteroatoms. The summed E-state index contributed by atoms with van der Waals surface area (Å²) in [4.78, 5) is 16.1. The number of pyridine rings is 1. The molecule has 2 aromatic carbocycles. The van der Waals surface area contributed by atoms with Crippen molar-refractivity contribution in [2.24, 2.45) is 0 Å². The van der Waals surface area contributed by atoms with Gasteiger partial charge in [-0.05, 0) is 35.9 Å². The van der Waals surface area contributed by atoms with Crippen molar-refractivity contribution in [3.8, 4) is 16.9 Å². The maximum absolute atomic E-state index is 14.3. The van der Waals surface area contributed by atoms with E-state index in [9.17, 15) is 22.4 Å². The summed E-state index contributed by atoms with van der Waals surface area (Å²) in [6, 6.07) is 7.26. The number of hydrogen-bond acceptors (Lipinski definition) is 3. The van der Waals surface area contributed by atoms with Gasteiger partial charge in [0.25, 0.3) is 5.91 Å². The standard InChI is InChI=1S/C21H14F4N2O2/c22-16-2-1-13(11-3-5-26-6-4-11)20-14(16)7-12(29-20)10-27-21(28)15-8-18(24)19(25)9-17(15)23/h1-6,8-9,12H,7,10H2,(H,27,28). The maximum Gasteiger partial charge on any atom is 0.254 e. The first-order valence-electron chi connectivity index (χ1n) is 8.75. The first-order valence-corrected chi connectivity index (χ1v) is 8.75. The number of halogens is 4. The fourth-order valence-electron chi connectivity index (χ4n) is 3.24. The summed E-state index contributed by atoms with van der Waals surface area (Å²) in [6.07, 6.45) is 2.81. The Morgan fingerprint density at radius 1 is 1.00 bits per heavy atom. The quantitative estimate of drug-likeness (QED) is 0.530. The van der Waals surface area contributed by atoms with Crippen LogP contribution in [0.4, 0.5) is 17.6 Å². The number of hydrogen-bond donors (Lipinski definition) is 1. The zero-order chi connectivity index (χ0) is 20.5. The molecule has 3 aromatic rings. The number of carbonyl (C=O) groups is 1. The summed E-state index contributed by atoms with van der Waals surface area (Å²) in [7, 11) is 0. The lowest BCUT2D eigenvalue weighted by atomic mass is 10.0. The number of aromatic nitrogens is 1. The molecule has 0 bridgehead atoms. The van der Waals surface area contributed by atoms with Gasteiger partial charge in [-0.25, -0.2) is 17.6 Å². The second kappa shape index (κ2) is 7.54. The van der Waals surface area contributed by atoms with Crippen LogP contribution in [0.5, 0.6) is 5.75 Å². The molecule has 0 aliphatic carbocycles. The highest BCUT2D eigenvalue weighted by Gasteiger charge is 2.29. The second-order valence-corrected chi connectivity index (χ2v) is 6.54. The normalized spacial score (nSPS) is 15.0. The Balaban J connectivity index is 1.50. The van der Waals surface area contributed by atoms with Crippen LogP contribution < -0.4 is 10.1 Å². The molecule has 1 aliphatic rings. The van der Waals surface area contributed by atoms with Gasteiger partial charge >= 0.3 is 0 Å². The van der Waals surface area contributed by atoms with E-state index >= 15 is 0 Å². The van der Waals surface area contributed by atoms with Gasteiger partial charge in [0.15, 0.2) is 11.6 Å². The number of benzene rings is 2. The zero-order valence-corrected chi connectivity index (χ0v) is 14.9. The van der Waals surface area contributed by atoms with Crippen molar-refractivity contribution in [3.05, 3.63) is 83.2 Å². The molecule has 1 N–H and O–H groups in total. The number of carbonyl (C=O) groups excluding carboxylic acids is 1. The number of rotatable bonds is 4. The maximum atomic E-state index is 14.3. The second-order valence-electron chi connectivity index (χ2n) is 6.54. The highest BCUT2D eigenvalue weighted by Crippen LogP contribution is 2.40. The molecule has 148 valence electrons. The number of fused-ring (bicyclic) bond motifs is 1. The molecule has 29 heavy (non-hydrogen) atoms. The zero-order valence-electron chi connectivity index (χ0n) is 14.9. The SMILES string of the molecule is O=C(NCC1Cc2c(F)ccc(-c3ccncc3)c2O1)c1cc(F)c(F)cc1F. The molecule has 1 aliphatic heterocycles. The van der Waals surface area contributed by atoms with Gasteiger partial charge in [0.1, 0.15) is 23.5 Å². The molecule has 1 atom stereocenters. The van der Waals surface area contributed by atoms with E-state index in [2.05, 4.69) is 10.3 Å². The molecule has 4 nitrogen and oxygen atoms in total. The predicted molar refractivity (Wildman–Crippen MR) is 96.4 cm³/mol. The molecular weight excluding hydrogens is 388 g/mol. The third-order valence-corrected chi connectivity index (χ3v) is 4.66. The Bertz CT molecular complexity index is 1090. The summed E-state index contributed by atoms with van der Waals surface area (Å²) < 4.78 is 60.1. The lowest BCUT2D eigenvalue weighted by molar-refractivity contribution is 0.0929. The molecule has 0 saturated carbocycles. The van der Waals surface area contributed by atoms with Gasteiger partial charge in [0, 0.05) is 36.0 Å². The topological polar surface area (TPSA) is 51.2 Å². The summed E-state index contributed by atoms with van der Waals surface area (Å²) in [5, 5.41) is 2.42. The van der Waals surface area contributed by atoms with Gasteiger partial charge < -0.3 is 10.1 Å². The molecule has 2 heterocycles. The van der Waals surface area contributed by atoms with E-state index in [0.29, 0.717) is 29.0 Å². The Morgan fingerprint density at radius 3 is 2.48 bits per heavy atom. The fourth-order valence-corrected chi connectivity index (χ4v) is 3.24. The van der Waals surface area contributed by atoms with Crippen LogP contribution in [0.25, 0.3) is 11.1 Å². The molecular formula is C21H14F4N2O2. The monoisotopic (exact) mass is 402 g/mol. The van der Waals surface area contributed by atoms with E-state index in [1.54, 1.807) is 30.6 Å². The minimum atomic E-state index is -1.38. The fraction of sp³-hybridized carbons (Fsp3) is 0.143. The summed E-state index contributed by atoms with van der Waals surface area (Å²) in [5.41, 5.74) is 1.23. The first kappa shape index (κ1) is 18.9. The van der Waals surface area contributed by atoms with Gasteiger partial charge in [-0.3, -0.25) is 9.78 Å². The molecule has 0 radical (unpaired) electrons. The smallest absolute Gasteiger partial charge is 0.254 e. The molecule has 1 amide bonds. The van der Waals surface area contributed by atoms with Gasteiger partial charge in [0.2, 0.25) is 0 Å². The van der Waals surface area contributed by atoms with E-state index in [0.717, 1.165) is 5.56 Å². The van der Waals surface area contributed by atoms with Crippen molar-refractivity contribution in [2.75, 3.05) is 6.54 Å². The van der Waals surface area contributed by atoms with Crippen molar-refractivity contribution >= 4 is 5.91 Å². The Hall–Kier alpha value is -3.42. The highest BCUT2D eigenvalue weighted by molar-refractivity contribution is 5.94. The van der Waals surface area contributed by atoms with Crippen LogP contribution in [0.1, 0.15) is 15.9 Å². The first-order chi connectivity index (χ1) is 13.9. The molecule has 1 unspecified atom stereocenters. The van der Waals surface area contributed by atoms with Crippen molar-refractivity contribution < 1.29 is 27.1 Å². The minimum absolute atomic E-state index is 0.0683. The van der Waals surface area contributed by atoms with Crippen molar-refractivity contribution in [1.29, 1.82) is 0 Å². The van der Waals surface area contributed by atoms with Crippen LogP contribution in [0.2, 0.25) is 0 Å². The number of amides is 1. The minimum Gasteiger partial charge on any atom is -0.487 e. The Morgan fingerprint density at radius 2 is 1.72 bits per heavy atom. The van der Waals surface area contributed by atoms with Crippen LogP contribution >= 0.6 is 0 Å². The number of ether oxygens (including phenoxy) is 1. The molecule has 4 rings (SSSR count). The van der Waals surface area contributed by atoms with E-state index in [-0.39, 0.29) is 13.0 Å². The van der Waals surface area contributed by atoms with Crippen LogP contribution in [-0.2, 0) is 6.42 Å². The van der Waals surface area contributed by atoms with E-state index in [1.807, 2.05) is 0 Å². The largest absolute Gasteiger partial charge is 0.487 e. The van der Waals surface area contributed by atoms with Gasteiger partial charge in [0.05, 0.1) is 12.1 Å². The molecule has 0 spiro atoms. The predicted octanol–water partition coefficient (Wildman–Crippen LogP) is 4.04. The Labute approximate surface area is 163 Å². The van der Waals surface area contributed by atoms with Crippen LogP contribution in [-0.4, -0.2) is 23.5 Å². The Kier molecular flexibility index (Phi) is 4.92. The lowest BCUT2D eigenvalue weighted by Crippen LogP contribution is -2.35. The third-order valence-electron chi connectivity index (χ3n) is 4.66. The summed E-state index contributed by atoms with van der Waals surface area (Å²) >= 11 is 0. The van der Waals surface area contributed by atoms with Gasteiger partial charge in [-0.2, -0.15) is 0 Å². The average molecular weight is 402 g/mol. The van der Waals surface area contributed by atoms with Crippen LogP contribution in [0, 0.1) is 23.3 Å². The number of nitrogens with zero attached hydrogens (tertiary/aromatic N) is 1. The van der Waals surface area contributed by atoms with Gasteiger partial charge in [-0.1, -0.05) is 0 Å². The lowest BCUT2D eigenvalue weighted by Gasteiger charge is -2.14. The number of nitrogens with one attached hydrogen (secondary N) is 1. The van der Waals surface area contributed by atoms with Crippen molar-refractivity contribution in [3.63, 3.8) is 0 Å². The van der Waals surface area contributed by atoms with Crippen molar-refractivity contribution in [2.45, 2.75) is 12.5 Å². The van der Waals surface area contributed by atoms with Crippen LogP contribution in [0.3, 0.4) is 0 Å².